The lowest BCUT2D eigenvalue weighted by Gasteiger charge is -2.41. The first-order chi connectivity index (χ1) is 19.3. The Kier molecular flexibility index (Phi) is 10.5. The van der Waals surface area contributed by atoms with Crippen molar-refractivity contribution >= 4 is 5.91 Å². The molecule has 2 aromatic carbocycles. The van der Waals surface area contributed by atoms with Gasteiger partial charge in [0.25, 0.3) is 0 Å². The first-order valence-corrected chi connectivity index (χ1v) is 14.2. The summed E-state index contributed by atoms with van der Waals surface area (Å²) in [6, 6.07) is 18.5. The van der Waals surface area contributed by atoms with Gasteiger partial charge < -0.3 is 25.2 Å². The van der Waals surface area contributed by atoms with E-state index in [1.54, 1.807) is 7.11 Å². The highest BCUT2D eigenvalue weighted by Gasteiger charge is 2.42. The standard InChI is InChI=1S/C33H43N3O4/c1-23(20-39-4)21-40-22-26-9-11-28(12-10-26)33(38)14-16-34-19-31(33)30-18-36-32(17-24(30)2)29-8-6-5-7-27(29)13-15-35-25(3)37/h5-12,17-18,23,31,34,38H,13-16,19-22H2,1-4H3,(H,35,37)/t23-,31+,33-/m0/s1. The van der Waals surface area contributed by atoms with Gasteiger partial charge >= 0.3 is 0 Å². The second-order valence-electron chi connectivity index (χ2n) is 11.0. The number of benzene rings is 2. The maximum atomic E-state index is 12.1. The van der Waals surface area contributed by atoms with E-state index in [9.17, 15) is 9.90 Å². The summed E-state index contributed by atoms with van der Waals surface area (Å²) in [5.41, 5.74) is 6.26. The van der Waals surface area contributed by atoms with Crippen molar-refractivity contribution in [3.05, 3.63) is 88.6 Å². The van der Waals surface area contributed by atoms with Gasteiger partial charge in [-0.05, 0) is 60.2 Å². The largest absolute Gasteiger partial charge is 0.384 e. The molecule has 3 N–H and O–H groups in total. The van der Waals surface area contributed by atoms with E-state index >= 15 is 0 Å². The summed E-state index contributed by atoms with van der Waals surface area (Å²) in [5, 5.41) is 18.5. The van der Waals surface area contributed by atoms with Crippen molar-refractivity contribution in [2.45, 2.75) is 51.7 Å². The first kappa shape index (κ1) is 29.9. The molecule has 40 heavy (non-hydrogen) atoms. The van der Waals surface area contributed by atoms with Gasteiger partial charge in [0, 0.05) is 50.7 Å². The van der Waals surface area contributed by atoms with Crippen molar-refractivity contribution in [1.29, 1.82) is 0 Å². The molecule has 0 saturated carbocycles. The molecule has 0 spiro atoms. The van der Waals surface area contributed by atoms with Gasteiger partial charge in [-0.25, -0.2) is 0 Å². The maximum absolute atomic E-state index is 12.1. The number of nitrogens with zero attached hydrogens (tertiary/aromatic N) is 1. The van der Waals surface area contributed by atoms with Crippen LogP contribution in [-0.4, -0.2) is 56.0 Å². The van der Waals surface area contributed by atoms with E-state index in [2.05, 4.69) is 54.8 Å². The highest BCUT2D eigenvalue weighted by Crippen LogP contribution is 2.42. The fraction of sp³-hybridized carbons (Fsp3) is 0.455. The number of hydrogen-bond donors (Lipinski definition) is 3. The van der Waals surface area contributed by atoms with Gasteiger partial charge in [-0.1, -0.05) is 55.5 Å². The van der Waals surface area contributed by atoms with Gasteiger partial charge in [0.15, 0.2) is 0 Å². The molecule has 1 fully saturated rings. The maximum Gasteiger partial charge on any atom is 0.216 e. The molecular weight excluding hydrogens is 502 g/mol. The van der Waals surface area contributed by atoms with Gasteiger partial charge in [0.05, 0.1) is 31.1 Å². The molecule has 2 heterocycles. The number of aryl methyl sites for hydroxylation is 1. The summed E-state index contributed by atoms with van der Waals surface area (Å²) >= 11 is 0. The third-order valence-electron chi connectivity index (χ3n) is 7.77. The van der Waals surface area contributed by atoms with E-state index in [1.807, 2.05) is 30.5 Å². The van der Waals surface area contributed by atoms with Gasteiger partial charge in [0.2, 0.25) is 5.91 Å². The van der Waals surface area contributed by atoms with E-state index in [0.717, 1.165) is 52.0 Å². The quantitative estimate of drug-likeness (QED) is 0.310. The molecule has 7 heteroatoms. The Labute approximate surface area is 238 Å². The Bertz CT molecular complexity index is 1260. The molecule has 1 aliphatic heterocycles. The molecule has 0 unspecified atom stereocenters. The number of aliphatic hydroxyl groups is 1. The minimum atomic E-state index is -0.998. The molecule has 214 valence electrons. The van der Waals surface area contributed by atoms with E-state index < -0.39 is 5.60 Å². The third-order valence-corrected chi connectivity index (χ3v) is 7.77. The van der Waals surface area contributed by atoms with E-state index in [1.165, 1.54) is 6.92 Å². The van der Waals surface area contributed by atoms with Crippen LogP contribution in [0.4, 0.5) is 0 Å². The zero-order valence-electron chi connectivity index (χ0n) is 24.2. The van der Waals surface area contributed by atoms with Crippen LogP contribution in [0.3, 0.4) is 0 Å². The fourth-order valence-electron chi connectivity index (χ4n) is 5.62. The van der Waals surface area contributed by atoms with Crippen LogP contribution < -0.4 is 10.6 Å². The summed E-state index contributed by atoms with van der Waals surface area (Å²) < 4.78 is 11.0. The smallest absolute Gasteiger partial charge is 0.216 e. The fourth-order valence-corrected chi connectivity index (χ4v) is 5.62. The molecule has 7 nitrogen and oxygen atoms in total. The van der Waals surface area contributed by atoms with Crippen molar-refractivity contribution in [3.63, 3.8) is 0 Å². The number of aromatic nitrogens is 1. The molecule has 3 aromatic rings. The summed E-state index contributed by atoms with van der Waals surface area (Å²) in [6.07, 6.45) is 3.29. The Balaban J connectivity index is 1.52. The molecule has 1 amide bonds. The van der Waals surface area contributed by atoms with E-state index in [-0.39, 0.29) is 11.8 Å². The normalized spacial score (nSPS) is 19.8. The number of pyridine rings is 1. The lowest BCUT2D eigenvalue weighted by atomic mass is 9.72. The van der Waals surface area contributed by atoms with Crippen LogP contribution in [0.1, 0.15) is 54.0 Å². The number of ether oxygens (including phenoxy) is 2. The van der Waals surface area contributed by atoms with Gasteiger partial charge in [-0.2, -0.15) is 0 Å². The van der Waals surface area contributed by atoms with Crippen LogP contribution in [0.25, 0.3) is 11.3 Å². The Morgan fingerprint density at radius 3 is 2.70 bits per heavy atom. The first-order valence-electron chi connectivity index (χ1n) is 14.2. The topological polar surface area (TPSA) is 92.7 Å². The van der Waals surface area contributed by atoms with Crippen molar-refractivity contribution in [3.8, 4) is 11.3 Å². The molecule has 4 rings (SSSR count). The van der Waals surface area contributed by atoms with E-state index in [0.29, 0.717) is 45.2 Å². The number of amides is 1. The summed E-state index contributed by atoms with van der Waals surface area (Å²) in [4.78, 5) is 16.2. The van der Waals surface area contributed by atoms with E-state index in [4.69, 9.17) is 14.5 Å². The SMILES string of the molecule is COC[C@H](C)COCc1ccc([C@@]2(O)CCNC[C@@H]2c2cnc(-c3ccccc3CCNC(C)=O)cc2C)cc1. The number of carbonyl (C=O) groups excluding carboxylic acids is 1. The highest BCUT2D eigenvalue weighted by molar-refractivity contribution is 5.73. The summed E-state index contributed by atoms with van der Waals surface area (Å²) in [5.74, 6) is 0.190. The second-order valence-corrected chi connectivity index (χ2v) is 11.0. The van der Waals surface area contributed by atoms with Gasteiger partial charge in [0.1, 0.15) is 0 Å². The van der Waals surface area contributed by atoms with Crippen LogP contribution in [0, 0.1) is 12.8 Å². The lowest BCUT2D eigenvalue weighted by molar-refractivity contribution is -0.118. The van der Waals surface area contributed by atoms with Crippen molar-refractivity contribution in [2.24, 2.45) is 5.92 Å². The van der Waals surface area contributed by atoms with Crippen LogP contribution >= 0.6 is 0 Å². The van der Waals surface area contributed by atoms with Gasteiger partial charge in [-0.3, -0.25) is 9.78 Å². The molecule has 0 aliphatic carbocycles. The van der Waals surface area contributed by atoms with Crippen LogP contribution in [0.5, 0.6) is 0 Å². The minimum Gasteiger partial charge on any atom is -0.384 e. The second kappa shape index (κ2) is 14.0. The van der Waals surface area contributed by atoms with Crippen LogP contribution in [-0.2, 0) is 32.9 Å². The Hall–Kier alpha value is -3.10. The zero-order chi connectivity index (χ0) is 28.5. The molecule has 0 bridgehead atoms. The van der Waals surface area contributed by atoms with Gasteiger partial charge in [-0.15, -0.1) is 0 Å². The number of nitrogens with one attached hydrogen (secondary N) is 2. The van der Waals surface area contributed by atoms with Crippen molar-refractivity contribution < 1.29 is 19.4 Å². The third kappa shape index (κ3) is 7.34. The predicted octanol–water partition coefficient (Wildman–Crippen LogP) is 4.50. The molecule has 0 radical (unpaired) electrons. The Morgan fingerprint density at radius 1 is 1.20 bits per heavy atom. The Morgan fingerprint density at radius 2 is 1.98 bits per heavy atom. The average Bonchev–Trinajstić information content (AvgIpc) is 2.94. The number of rotatable bonds is 12. The lowest BCUT2D eigenvalue weighted by Crippen LogP contribution is -2.46. The summed E-state index contributed by atoms with van der Waals surface area (Å²) in [6.45, 7) is 9.62. The number of piperidine rings is 1. The van der Waals surface area contributed by atoms with Crippen molar-refractivity contribution in [1.82, 2.24) is 15.6 Å². The van der Waals surface area contributed by atoms with Crippen molar-refractivity contribution in [2.75, 3.05) is 40.0 Å². The summed E-state index contributed by atoms with van der Waals surface area (Å²) in [7, 11) is 1.71. The zero-order valence-corrected chi connectivity index (χ0v) is 24.2. The highest BCUT2D eigenvalue weighted by atomic mass is 16.5. The number of hydrogen-bond acceptors (Lipinski definition) is 6. The molecule has 3 atom stereocenters. The minimum absolute atomic E-state index is 0.0278. The number of methoxy groups -OCH3 is 1. The van der Waals surface area contributed by atoms with Crippen LogP contribution in [0.15, 0.2) is 60.8 Å². The number of carbonyl (C=O) groups is 1. The molecule has 1 saturated heterocycles. The molecule has 1 aromatic heterocycles. The molecule has 1 aliphatic rings. The predicted molar refractivity (Wildman–Crippen MR) is 158 cm³/mol. The average molecular weight is 546 g/mol. The molecular formula is C33H43N3O4. The van der Waals surface area contributed by atoms with Crippen LogP contribution in [0.2, 0.25) is 0 Å². The monoisotopic (exact) mass is 545 g/mol.